The van der Waals surface area contributed by atoms with Crippen molar-refractivity contribution < 1.29 is 8.42 Å². The zero-order valence-electron chi connectivity index (χ0n) is 14.7. The zero-order chi connectivity index (χ0) is 17.3. The topological polar surface area (TPSA) is 69.6 Å². The van der Waals surface area contributed by atoms with Crippen LogP contribution in [-0.2, 0) is 10.0 Å². The van der Waals surface area contributed by atoms with Crippen molar-refractivity contribution in [2.75, 3.05) is 44.9 Å². The van der Waals surface area contributed by atoms with Crippen molar-refractivity contribution in [1.82, 2.24) is 19.2 Å². The average Bonchev–Trinajstić information content (AvgIpc) is 3.04. The van der Waals surface area contributed by atoms with E-state index in [0.29, 0.717) is 25.2 Å². The maximum absolute atomic E-state index is 11.7. The predicted octanol–water partition coefficient (Wildman–Crippen LogP) is 1.10. The van der Waals surface area contributed by atoms with Gasteiger partial charge in [0.05, 0.1) is 30.4 Å². The molecule has 24 heavy (non-hydrogen) atoms. The molecule has 7 nitrogen and oxygen atoms in total. The molecule has 2 fully saturated rings. The molecule has 0 aromatic carbocycles. The van der Waals surface area contributed by atoms with Gasteiger partial charge in [-0.05, 0) is 32.2 Å². The number of sulfonamides is 1. The fourth-order valence-corrected chi connectivity index (χ4v) is 4.67. The lowest BCUT2D eigenvalue weighted by Gasteiger charge is -2.38. The normalized spacial score (nSPS) is 24.4. The van der Waals surface area contributed by atoms with Crippen molar-refractivity contribution in [3.63, 3.8) is 0 Å². The highest BCUT2D eigenvalue weighted by atomic mass is 32.2. The molecule has 134 valence electrons. The Kier molecular flexibility index (Phi) is 5.08. The third-order valence-electron chi connectivity index (χ3n) is 5.10. The van der Waals surface area contributed by atoms with Crippen LogP contribution in [0.5, 0.6) is 0 Å². The standard InChI is InChI=1S/C16H27N5O2S/c1-19(2)16-12-17-11-14(18-16)15-5-4-8-21(15)13-6-9-20(10-7-13)24(3,22)23/h11-13,15H,4-10H2,1-3H3/t15-/m0/s1. The molecule has 2 aliphatic heterocycles. The molecule has 1 aromatic rings. The largest absolute Gasteiger partial charge is 0.361 e. The van der Waals surface area contributed by atoms with Gasteiger partial charge >= 0.3 is 0 Å². The number of anilines is 1. The summed E-state index contributed by atoms with van der Waals surface area (Å²) in [4.78, 5) is 13.6. The maximum atomic E-state index is 11.7. The highest BCUT2D eigenvalue weighted by molar-refractivity contribution is 7.88. The summed E-state index contributed by atoms with van der Waals surface area (Å²) in [6.45, 7) is 2.30. The van der Waals surface area contributed by atoms with Gasteiger partial charge in [-0.25, -0.2) is 17.7 Å². The predicted molar refractivity (Wildman–Crippen MR) is 94.5 cm³/mol. The summed E-state index contributed by atoms with van der Waals surface area (Å²) in [5.41, 5.74) is 1.03. The lowest BCUT2D eigenvalue weighted by Crippen LogP contribution is -2.46. The summed E-state index contributed by atoms with van der Waals surface area (Å²) >= 11 is 0. The SMILES string of the molecule is CN(C)c1cncc([C@@H]2CCCN2C2CCN(S(C)(=O)=O)CC2)n1. The van der Waals surface area contributed by atoms with E-state index in [1.807, 2.05) is 25.2 Å². The minimum Gasteiger partial charge on any atom is -0.361 e. The smallest absolute Gasteiger partial charge is 0.211 e. The first-order valence-corrected chi connectivity index (χ1v) is 10.4. The number of aromatic nitrogens is 2. The molecule has 0 spiro atoms. The lowest BCUT2D eigenvalue weighted by atomic mass is 10.0. The van der Waals surface area contributed by atoms with E-state index in [1.165, 1.54) is 6.26 Å². The molecule has 0 aliphatic carbocycles. The third kappa shape index (κ3) is 3.70. The molecule has 0 radical (unpaired) electrons. The molecule has 0 amide bonds. The van der Waals surface area contributed by atoms with Gasteiger partial charge in [-0.1, -0.05) is 0 Å². The van der Waals surface area contributed by atoms with Gasteiger partial charge in [0, 0.05) is 33.2 Å². The molecular formula is C16H27N5O2S. The van der Waals surface area contributed by atoms with E-state index in [4.69, 9.17) is 4.98 Å². The summed E-state index contributed by atoms with van der Waals surface area (Å²) in [7, 11) is 0.880. The first-order valence-electron chi connectivity index (χ1n) is 8.56. The minimum atomic E-state index is -3.07. The fraction of sp³-hybridized carbons (Fsp3) is 0.750. The van der Waals surface area contributed by atoms with E-state index in [-0.39, 0.29) is 0 Å². The first-order chi connectivity index (χ1) is 11.4. The van der Waals surface area contributed by atoms with E-state index >= 15 is 0 Å². The second-order valence-electron chi connectivity index (χ2n) is 6.99. The first kappa shape index (κ1) is 17.6. The van der Waals surface area contributed by atoms with Crippen LogP contribution < -0.4 is 4.90 Å². The molecule has 8 heteroatoms. The Morgan fingerprint density at radius 3 is 2.46 bits per heavy atom. The van der Waals surface area contributed by atoms with Gasteiger partial charge < -0.3 is 4.90 Å². The van der Waals surface area contributed by atoms with Crippen molar-refractivity contribution in [1.29, 1.82) is 0 Å². The van der Waals surface area contributed by atoms with Crippen LogP contribution in [0.4, 0.5) is 5.82 Å². The molecule has 0 bridgehead atoms. The number of nitrogens with zero attached hydrogens (tertiary/aromatic N) is 5. The van der Waals surface area contributed by atoms with Gasteiger partial charge in [-0.3, -0.25) is 9.88 Å². The second kappa shape index (κ2) is 6.93. The van der Waals surface area contributed by atoms with Gasteiger partial charge in [0.15, 0.2) is 0 Å². The molecule has 1 aromatic heterocycles. The molecule has 0 N–H and O–H groups in total. The highest BCUT2D eigenvalue weighted by Crippen LogP contribution is 2.35. The van der Waals surface area contributed by atoms with Crippen LogP contribution in [0.25, 0.3) is 0 Å². The number of hydrogen-bond acceptors (Lipinski definition) is 6. The van der Waals surface area contributed by atoms with Crippen molar-refractivity contribution in [3.05, 3.63) is 18.1 Å². The van der Waals surface area contributed by atoms with Crippen LogP contribution in [0.3, 0.4) is 0 Å². The number of hydrogen-bond donors (Lipinski definition) is 0. The Hall–Kier alpha value is -1.25. The van der Waals surface area contributed by atoms with Crippen LogP contribution >= 0.6 is 0 Å². The molecule has 0 unspecified atom stereocenters. The molecular weight excluding hydrogens is 326 g/mol. The summed E-state index contributed by atoms with van der Waals surface area (Å²) in [5.74, 6) is 0.881. The van der Waals surface area contributed by atoms with E-state index in [1.54, 1.807) is 10.5 Å². The van der Waals surface area contributed by atoms with Crippen molar-refractivity contribution >= 4 is 15.8 Å². The lowest BCUT2D eigenvalue weighted by molar-refractivity contribution is 0.125. The van der Waals surface area contributed by atoms with E-state index in [2.05, 4.69) is 9.88 Å². The fourth-order valence-electron chi connectivity index (χ4n) is 3.80. The van der Waals surface area contributed by atoms with Crippen LogP contribution in [-0.4, -0.2) is 73.6 Å². The maximum Gasteiger partial charge on any atom is 0.211 e. The highest BCUT2D eigenvalue weighted by Gasteiger charge is 2.36. The van der Waals surface area contributed by atoms with Crippen LogP contribution in [0.2, 0.25) is 0 Å². The Bertz CT molecular complexity index is 671. The van der Waals surface area contributed by atoms with Gasteiger partial charge in [0.2, 0.25) is 10.0 Å². The van der Waals surface area contributed by atoms with Gasteiger partial charge in [-0.2, -0.15) is 0 Å². The zero-order valence-corrected chi connectivity index (χ0v) is 15.5. The number of piperidine rings is 1. The monoisotopic (exact) mass is 353 g/mol. The van der Waals surface area contributed by atoms with Gasteiger partial charge in [0.1, 0.15) is 5.82 Å². The minimum absolute atomic E-state index is 0.298. The Balaban J connectivity index is 1.71. The molecule has 2 aliphatic rings. The van der Waals surface area contributed by atoms with E-state index in [0.717, 1.165) is 43.7 Å². The second-order valence-corrected chi connectivity index (χ2v) is 8.97. The molecule has 1 atom stereocenters. The third-order valence-corrected chi connectivity index (χ3v) is 6.40. The average molecular weight is 353 g/mol. The summed E-state index contributed by atoms with van der Waals surface area (Å²) < 4.78 is 25.0. The Morgan fingerprint density at radius 2 is 1.83 bits per heavy atom. The van der Waals surface area contributed by atoms with E-state index in [9.17, 15) is 8.42 Å². The molecule has 2 saturated heterocycles. The summed E-state index contributed by atoms with van der Waals surface area (Å²) in [5, 5.41) is 0. The van der Waals surface area contributed by atoms with Crippen LogP contribution in [0, 0.1) is 0 Å². The van der Waals surface area contributed by atoms with Crippen LogP contribution in [0.1, 0.15) is 37.4 Å². The molecule has 3 rings (SSSR count). The number of rotatable bonds is 4. The molecule has 0 saturated carbocycles. The van der Waals surface area contributed by atoms with Crippen molar-refractivity contribution in [3.8, 4) is 0 Å². The molecule has 3 heterocycles. The van der Waals surface area contributed by atoms with Gasteiger partial charge in [0.25, 0.3) is 0 Å². The number of likely N-dealkylation sites (tertiary alicyclic amines) is 1. The van der Waals surface area contributed by atoms with E-state index < -0.39 is 10.0 Å². The Morgan fingerprint density at radius 1 is 1.12 bits per heavy atom. The Labute approximate surface area is 144 Å². The van der Waals surface area contributed by atoms with Gasteiger partial charge in [-0.15, -0.1) is 0 Å². The summed E-state index contributed by atoms with van der Waals surface area (Å²) in [6.07, 6.45) is 9.00. The van der Waals surface area contributed by atoms with Crippen molar-refractivity contribution in [2.24, 2.45) is 0 Å². The van der Waals surface area contributed by atoms with Crippen LogP contribution in [0.15, 0.2) is 12.4 Å². The quantitative estimate of drug-likeness (QED) is 0.807. The van der Waals surface area contributed by atoms with Crippen molar-refractivity contribution in [2.45, 2.75) is 37.8 Å². The summed E-state index contributed by atoms with van der Waals surface area (Å²) in [6, 6.07) is 0.729.